The first kappa shape index (κ1) is 24.2. The van der Waals surface area contributed by atoms with Crippen molar-refractivity contribution in [3.63, 3.8) is 0 Å². The van der Waals surface area contributed by atoms with E-state index in [0.29, 0.717) is 11.1 Å². The maximum Gasteiger partial charge on any atom is 0.402 e. The van der Waals surface area contributed by atoms with Gasteiger partial charge in [-0.15, -0.1) is 0 Å². The molecule has 36 heavy (non-hydrogen) atoms. The molecule has 5 atom stereocenters. The smallest absolute Gasteiger partial charge is 0.285 e. The number of nitrogens with zero attached hydrogens (tertiary/aromatic N) is 2. The number of hydrogen-bond acceptors (Lipinski definition) is 4. The summed E-state index contributed by atoms with van der Waals surface area (Å²) < 4.78 is 44.0. The summed E-state index contributed by atoms with van der Waals surface area (Å²) in [6, 6.07) is 8.64. The third-order valence-electron chi connectivity index (χ3n) is 8.47. The van der Waals surface area contributed by atoms with Crippen LogP contribution in [0.1, 0.15) is 34.7 Å². The molecule has 6 nitrogen and oxygen atoms in total. The summed E-state index contributed by atoms with van der Waals surface area (Å²) in [5.74, 6) is -6.04. The van der Waals surface area contributed by atoms with Gasteiger partial charge in [0.05, 0.1) is 29.4 Å². The van der Waals surface area contributed by atoms with E-state index in [1.54, 1.807) is 19.9 Å². The molecule has 2 saturated heterocycles. The van der Waals surface area contributed by atoms with Crippen molar-refractivity contribution < 1.29 is 32.3 Å². The van der Waals surface area contributed by atoms with Gasteiger partial charge in [0.25, 0.3) is 0 Å². The molecule has 5 unspecified atom stereocenters. The molecule has 5 rings (SSSR count). The van der Waals surface area contributed by atoms with Crippen LogP contribution in [0.25, 0.3) is 0 Å². The van der Waals surface area contributed by atoms with E-state index in [2.05, 4.69) is 0 Å². The van der Waals surface area contributed by atoms with Crippen LogP contribution in [-0.4, -0.2) is 41.8 Å². The molecule has 0 radical (unpaired) electrons. The van der Waals surface area contributed by atoms with Gasteiger partial charge in [-0.2, -0.15) is 13.2 Å². The second-order valence-electron chi connectivity index (χ2n) is 10.3. The molecule has 3 fully saturated rings. The summed E-state index contributed by atoms with van der Waals surface area (Å²) in [5.41, 5.74) is -0.441. The Kier molecular flexibility index (Phi) is 5.05. The van der Waals surface area contributed by atoms with Gasteiger partial charge < -0.3 is 0 Å². The van der Waals surface area contributed by atoms with Crippen LogP contribution in [0, 0.1) is 44.4 Å². The standard InChI is InChI=1S/C27H25F3N2O4/c1-12-6-8-15(10-14(12)3)26(4,27(28,29)30)16-9-7-13(2)17(11-16)32-24(35)20-18-19(21(20)25(32)36)23(34)31(5)22(18)33/h6-11,18-21H,1-5H3. The number of rotatable bonds is 3. The Hall–Kier alpha value is -3.49. The maximum atomic E-state index is 14.7. The normalized spacial score (nSPS) is 27.2. The molecule has 188 valence electrons. The summed E-state index contributed by atoms with van der Waals surface area (Å²) in [7, 11) is 1.32. The summed E-state index contributed by atoms with van der Waals surface area (Å²) in [6.45, 7) is 6.24. The highest BCUT2D eigenvalue weighted by Crippen LogP contribution is 2.57. The number of carbonyl (C=O) groups excluding carboxylic acids is 4. The Balaban J connectivity index is 1.61. The quantitative estimate of drug-likeness (QED) is 0.603. The third kappa shape index (κ3) is 2.91. The van der Waals surface area contributed by atoms with Gasteiger partial charge in [-0.1, -0.05) is 30.3 Å². The first-order valence-electron chi connectivity index (χ1n) is 11.7. The summed E-state index contributed by atoms with van der Waals surface area (Å²) >= 11 is 0. The number of aryl methyl sites for hydroxylation is 3. The lowest BCUT2D eigenvalue weighted by atomic mass is 9.59. The minimum absolute atomic E-state index is 0.0424. The molecule has 1 saturated carbocycles. The zero-order chi connectivity index (χ0) is 26.5. The number of halogens is 3. The summed E-state index contributed by atoms with van der Waals surface area (Å²) in [6.07, 6.45) is -4.68. The first-order valence-corrected chi connectivity index (χ1v) is 11.7. The van der Waals surface area contributed by atoms with Gasteiger partial charge in [-0.3, -0.25) is 24.1 Å². The second-order valence-corrected chi connectivity index (χ2v) is 10.3. The van der Waals surface area contributed by atoms with Crippen LogP contribution in [0.4, 0.5) is 18.9 Å². The van der Waals surface area contributed by atoms with E-state index < -0.39 is 58.9 Å². The fourth-order valence-electron chi connectivity index (χ4n) is 5.88. The maximum absolute atomic E-state index is 14.7. The lowest BCUT2D eigenvalue weighted by molar-refractivity contribution is -0.173. The highest BCUT2D eigenvalue weighted by atomic mass is 19.4. The average molecular weight is 499 g/mol. The van der Waals surface area contributed by atoms with E-state index in [0.717, 1.165) is 22.3 Å². The molecule has 2 aliphatic heterocycles. The van der Waals surface area contributed by atoms with Gasteiger partial charge >= 0.3 is 6.18 Å². The SMILES string of the molecule is Cc1ccc(C(C)(c2ccc(C)c(N3C(=O)C4C5C(=O)N(C)C(=O)C5C4C3=O)c2)C(F)(F)F)cc1C. The lowest BCUT2D eigenvalue weighted by Crippen LogP contribution is -2.50. The Bertz CT molecular complexity index is 1330. The number of alkyl halides is 3. The number of likely N-dealkylation sites (tertiary alicyclic amines) is 1. The zero-order valence-electron chi connectivity index (χ0n) is 20.4. The van der Waals surface area contributed by atoms with Gasteiger partial charge in [0, 0.05) is 7.05 Å². The highest BCUT2D eigenvalue weighted by Gasteiger charge is 2.73. The Labute approximate surface area is 206 Å². The average Bonchev–Trinajstić information content (AvgIpc) is 3.09. The number of carbonyl (C=O) groups is 4. The Morgan fingerprint density at radius 3 is 1.58 bits per heavy atom. The van der Waals surface area contributed by atoms with Crippen LogP contribution in [0.15, 0.2) is 36.4 Å². The third-order valence-corrected chi connectivity index (χ3v) is 8.47. The van der Waals surface area contributed by atoms with Crippen molar-refractivity contribution in [2.45, 2.75) is 39.3 Å². The molecule has 0 bridgehead atoms. The van der Waals surface area contributed by atoms with E-state index in [-0.39, 0.29) is 16.8 Å². The highest BCUT2D eigenvalue weighted by molar-refractivity contribution is 6.27. The fraction of sp³-hybridized carbons (Fsp3) is 0.407. The van der Waals surface area contributed by atoms with Crippen LogP contribution in [0.5, 0.6) is 0 Å². The molecule has 0 aromatic heterocycles. The van der Waals surface area contributed by atoms with Gasteiger partial charge in [0.15, 0.2) is 0 Å². The van der Waals surface area contributed by atoms with Crippen molar-refractivity contribution in [3.8, 4) is 0 Å². The van der Waals surface area contributed by atoms with Gasteiger partial charge in [-0.05, 0) is 61.6 Å². The molecule has 2 aromatic rings. The monoisotopic (exact) mass is 498 g/mol. The van der Waals surface area contributed by atoms with Gasteiger partial charge in [0.2, 0.25) is 23.6 Å². The Morgan fingerprint density at radius 2 is 1.11 bits per heavy atom. The molecule has 9 heteroatoms. The van der Waals surface area contributed by atoms with Crippen molar-refractivity contribution in [1.29, 1.82) is 0 Å². The predicted octanol–water partition coefficient (Wildman–Crippen LogP) is 3.83. The summed E-state index contributed by atoms with van der Waals surface area (Å²) in [5, 5.41) is 0. The van der Waals surface area contributed by atoms with E-state index in [4.69, 9.17) is 0 Å². The minimum atomic E-state index is -4.68. The number of imide groups is 2. The Morgan fingerprint density at radius 1 is 0.667 bits per heavy atom. The lowest BCUT2D eigenvalue weighted by Gasteiger charge is -2.36. The molecule has 1 aliphatic carbocycles. The number of fused-ring (bicyclic) bond motifs is 4. The van der Waals surface area contributed by atoms with Gasteiger partial charge in [-0.25, -0.2) is 4.90 Å². The molecular formula is C27H25F3N2O4. The van der Waals surface area contributed by atoms with Gasteiger partial charge in [0.1, 0.15) is 5.41 Å². The predicted molar refractivity (Wildman–Crippen MR) is 124 cm³/mol. The van der Waals surface area contributed by atoms with Crippen molar-refractivity contribution in [1.82, 2.24) is 4.90 Å². The van der Waals surface area contributed by atoms with Crippen molar-refractivity contribution in [2.24, 2.45) is 23.7 Å². The van der Waals surface area contributed by atoms with E-state index in [9.17, 15) is 32.3 Å². The second kappa shape index (κ2) is 7.51. The molecule has 3 aliphatic rings. The molecular weight excluding hydrogens is 473 g/mol. The summed E-state index contributed by atoms with van der Waals surface area (Å²) in [4.78, 5) is 53.5. The number of hydrogen-bond donors (Lipinski definition) is 0. The van der Waals surface area contributed by atoms with Crippen molar-refractivity contribution in [2.75, 3.05) is 11.9 Å². The molecule has 4 amide bonds. The molecule has 2 heterocycles. The van der Waals surface area contributed by atoms with E-state index >= 15 is 0 Å². The molecule has 0 spiro atoms. The number of anilines is 1. The zero-order valence-corrected chi connectivity index (χ0v) is 20.4. The number of amides is 4. The van der Waals surface area contributed by atoms with Crippen LogP contribution in [0.3, 0.4) is 0 Å². The first-order chi connectivity index (χ1) is 16.7. The largest absolute Gasteiger partial charge is 0.402 e. The van der Waals surface area contributed by atoms with E-state index in [1.165, 1.54) is 37.4 Å². The molecule has 0 N–H and O–H groups in total. The van der Waals surface area contributed by atoms with Crippen molar-refractivity contribution >= 4 is 29.3 Å². The van der Waals surface area contributed by atoms with Crippen LogP contribution < -0.4 is 4.90 Å². The van der Waals surface area contributed by atoms with E-state index in [1.807, 2.05) is 6.92 Å². The van der Waals surface area contributed by atoms with Crippen molar-refractivity contribution in [3.05, 3.63) is 64.2 Å². The van der Waals surface area contributed by atoms with Crippen LogP contribution in [-0.2, 0) is 24.6 Å². The minimum Gasteiger partial charge on any atom is -0.285 e. The molecule has 2 aromatic carbocycles. The number of benzene rings is 2. The fourth-order valence-corrected chi connectivity index (χ4v) is 5.88. The van der Waals surface area contributed by atoms with Crippen LogP contribution >= 0.6 is 0 Å². The topological polar surface area (TPSA) is 74.8 Å². The van der Waals surface area contributed by atoms with Crippen LogP contribution in [0.2, 0.25) is 0 Å².